The quantitative estimate of drug-likeness (QED) is 0.676. The number of alkyl carbamates (subject to hydrolysis) is 1. The summed E-state index contributed by atoms with van der Waals surface area (Å²) in [6.07, 6.45) is -0.405. The van der Waals surface area contributed by atoms with Crippen LogP contribution in [0.4, 0.5) is 4.79 Å². The van der Waals surface area contributed by atoms with E-state index in [1.165, 1.54) is 0 Å². The average Bonchev–Trinajstić information content (AvgIpc) is 2.32. The fourth-order valence-electron chi connectivity index (χ4n) is 1.54. The van der Waals surface area contributed by atoms with Gasteiger partial charge in [-0.3, -0.25) is 0 Å². The Morgan fingerprint density at radius 3 is 2.00 bits per heavy atom. The summed E-state index contributed by atoms with van der Waals surface area (Å²) >= 11 is 0. The lowest BCUT2D eigenvalue weighted by atomic mass is 9.86. The molecule has 0 aliphatic carbocycles. The molecule has 0 spiro atoms. The van der Waals surface area contributed by atoms with E-state index in [-0.39, 0.29) is 17.6 Å². The van der Waals surface area contributed by atoms with Crippen LogP contribution in [0.2, 0.25) is 0 Å². The Kier molecular flexibility index (Phi) is 7.16. The summed E-state index contributed by atoms with van der Waals surface area (Å²) in [4.78, 5) is 11.8. The maximum atomic E-state index is 11.8. The summed E-state index contributed by atoms with van der Waals surface area (Å²) < 4.78 is 5.26. The lowest BCUT2D eigenvalue weighted by Gasteiger charge is -2.38. The number of rotatable bonds is 7. The van der Waals surface area contributed by atoms with Gasteiger partial charge in [0, 0.05) is 30.7 Å². The zero-order chi connectivity index (χ0) is 16.9. The monoisotopic (exact) mass is 302 g/mol. The Hall–Kier alpha value is -0.810. The van der Waals surface area contributed by atoms with Crippen molar-refractivity contribution < 1.29 is 14.6 Å². The number of carbonyl (C=O) groups is 1. The third-order valence-corrected chi connectivity index (χ3v) is 3.67. The number of amides is 1. The van der Waals surface area contributed by atoms with E-state index >= 15 is 0 Å². The summed E-state index contributed by atoms with van der Waals surface area (Å²) in [5.74, 6) is 0.321. The van der Waals surface area contributed by atoms with Crippen LogP contribution in [-0.4, -0.2) is 42.0 Å². The van der Waals surface area contributed by atoms with E-state index in [2.05, 4.69) is 31.4 Å². The van der Waals surface area contributed by atoms with Gasteiger partial charge in [-0.15, -0.1) is 0 Å². The highest BCUT2D eigenvalue weighted by Crippen LogP contribution is 2.19. The predicted octanol–water partition coefficient (Wildman–Crippen LogP) is 2.53. The zero-order valence-electron chi connectivity index (χ0n) is 15.0. The third kappa shape index (κ3) is 8.27. The molecule has 0 saturated carbocycles. The van der Waals surface area contributed by atoms with Gasteiger partial charge in [-0.2, -0.15) is 0 Å². The van der Waals surface area contributed by atoms with Crippen molar-refractivity contribution in [3.63, 3.8) is 0 Å². The maximum absolute atomic E-state index is 11.8. The summed E-state index contributed by atoms with van der Waals surface area (Å²) in [5, 5.41) is 15.6. The molecule has 0 bridgehead atoms. The van der Waals surface area contributed by atoms with Crippen LogP contribution in [-0.2, 0) is 4.74 Å². The van der Waals surface area contributed by atoms with Crippen LogP contribution in [0, 0.1) is 11.3 Å². The normalized spacial score (nSPS) is 15.7. The van der Waals surface area contributed by atoms with Crippen LogP contribution in [0.1, 0.15) is 55.4 Å². The van der Waals surface area contributed by atoms with Gasteiger partial charge in [0.2, 0.25) is 0 Å². The van der Waals surface area contributed by atoms with Crippen molar-refractivity contribution in [3.8, 4) is 0 Å². The first-order chi connectivity index (χ1) is 9.31. The molecule has 0 aliphatic rings. The highest BCUT2D eigenvalue weighted by atomic mass is 16.6. The van der Waals surface area contributed by atoms with Crippen molar-refractivity contribution in [2.75, 3.05) is 19.7 Å². The van der Waals surface area contributed by atoms with Crippen molar-refractivity contribution in [2.45, 2.75) is 66.5 Å². The van der Waals surface area contributed by atoms with Gasteiger partial charge in [-0.05, 0) is 33.6 Å². The molecule has 0 heterocycles. The number of hydrogen-bond acceptors (Lipinski definition) is 4. The van der Waals surface area contributed by atoms with E-state index in [1.54, 1.807) is 0 Å². The van der Waals surface area contributed by atoms with Gasteiger partial charge in [0.05, 0.1) is 0 Å². The standard InChI is InChI=1S/C16H34N2O3/c1-12(2)16(8,18-9-15(6,7)11-19)10-17-13(20)21-14(3,4)5/h12,18-19H,9-11H2,1-8H3,(H,17,20). The minimum absolute atomic E-state index is 0.119. The van der Waals surface area contributed by atoms with Gasteiger partial charge in [-0.1, -0.05) is 27.7 Å². The SMILES string of the molecule is CC(C)C(C)(CNC(=O)OC(C)(C)C)NCC(C)(C)CO. The molecule has 0 fully saturated rings. The lowest BCUT2D eigenvalue weighted by Crippen LogP contribution is -2.57. The minimum atomic E-state index is -0.495. The van der Waals surface area contributed by atoms with Crippen LogP contribution in [0.5, 0.6) is 0 Å². The van der Waals surface area contributed by atoms with Crippen LogP contribution in [0.15, 0.2) is 0 Å². The molecule has 21 heavy (non-hydrogen) atoms. The van der Waals surface area contributed by atoms with Crippen molar-refractivity contribution in [1.29, 1.82) is 0 Å². The predicted molar refractivity (Wildman–Crippen MR) is 86.3 cm³/mol. The molecule has 5 heteroatoms. The molecular formula is C16H34N2O3. The van der Waals surface area contributed by atoms with Crippen LogP contribution in [0.25, 0.3) is 0 Å². The van der Waals surface area contributed by atoms with Gasteiger partial charge < -0.3 is 20.5 Å². The van der Waals surface area contributed by atoms with Gasteiger partial charge in [0.1, 0.15) is 5.60 Å². The Morgan fingerprint density at radius 2 is 1.62 bits per heavy atom. The van der Waals surface area contributed by atoms with Crippen molar-refractivity contribution in [3.05, 3.63) is 0 Å². The van der Waals surface area contributed by atoms with Gasteiger partial charge in [-0.25, -0.2) is 4.79 Å². The largest absolute Gasteiger partial charge is 0.444 e. The number of aliphatic hydroxyl groups excluding tert-OH is 1. The van der Waals surface area contributed by atoms with Gasteiger partial charge >= 0.3 is 6.09 Å². The summed E-state index contributed by atoms with van der Waals surface area (Å²) in [7, 11) is 0. The molecule has 1 unspecified atom stereocenters. The molecule has 0 saturated heterocycles. The molecule has 3 N–H and O–H groups in total. The Morgan fingerprint density at radius 1 is 1.10 bits per heavy atom. The van der Waals surface area contributed by atoms with Crippen molar-refractivity contribution in [1.82, 2.24) is 10.6 Å². The molecule has 0 aromatic rings. The van der Waals surface area contributed by atoms with Gasteiger partial charge in [0.25, 0.3) is 0 Å². The smallest absolute Gasteiger partial charge is 0.407 e. The second-order valence-electron chi connectivity index (χ2n) is 8.10. The highest BCUT2D eigenvalue weighted by molar-refractivity contribution is 5.67. The molecule has 0 aliphatic heterocycles. The first-order valence-electron chi connectivity index (χ1n) is 7.64. The fourth-order valence-corrected chi connectivity index (χ4v) is 1.54. The number of nitrogens with one attached hydrogen (secondary N) is 2. The van der Waals surface area contributed by atoms with E-state index in [9.17, 15) is 9.90 Å². The van der Waals surface area contributed by atoms with Gasteiger partial charge in [0.15, 0.2) is 0 Å². The Bertz CT molecular complexity index is 335. The van der Waals surface area contributed by atoms with E-state index in [4.69, 9.17) is 4.74 Å². The number of ether oxygens (including phenoxy) is 1. The summed E-state index contributed by atoms with van der Waals surface area (Å²) in [5.41, 5.74) is -0.948. The van der Waals surface area contributed by atoms with Crippen LogP contribution in [0.3, 0.4) is 0 Å². The van der Waals surface area contributed by atoms with Crippen molar-refractivity contribution >= 4 is 6.09 Å². The first-order valence-corrected chi connectivity index (χ1v) is 7.64. The number of carbonyl (C=O) groups excluding carboxylic acids is 1. The van der Waals surface area contributed by atoms with E-state index in [0.29, 0.717) is 19.0 Å². The van der Waals surface area contributed by atoms with Crippen LogP contribution < -0.4 is 10.6 Å². The number of aliphatic hydroxyl groups is 1. The second kappa shape index (κ2) is 7.45. The van der Waals surface area contributed by atoms with Crippen molar-refractivity contribution in [2.24, 2.45) is 11.3 Å². The second-order valence-corrected chi connectivity index (χ2v) is 8.10. The van der Waals surface area contributed by atoms with E-state index in [1.807, 2.05) is 34.6 Å². The van der Waals surface area contributed by atoms with E-state index < -0.39 is 11.7 Å². The summed E-state index contributed by atoms with van der Waals surface area (Å²) in [6, 6.07) is 0. The molecule has 0 radical (unpaired) electrons. The molecule has 5 nitrogen and oxygen atoms in total. The maximum Gasteiger partial charge on any atom is 0.407 e. The summed E-state index contributed by atoms with van der Waals surface area (Å²) in [6.45, 7) is 17.1. The zero-order valence-corrected chi connectivity index (χ0v) is 15.0. The topological polar surface area (TPSA) is 70.6 Å². The third-order valence-electron chi connectivity index (χ3n) is 3.67. The lowest BCUT2D eigenvalue weighted by molar-refractivity contribution is 0.0497. The first kappa shape index (κ1) is 20.2. The highest BCUT2D eigenvalue weighted by Gasteiger charge is 2.31. The molecule has 0 aromatic heterocycles. The average molecular weight is 302 g/mol. The Balaban J connectivity index is 4.57. The Labute approximate surface area is 129 Å². The fraction of sp³-hybridized carbons (Fsp3) is 0.938. The molecule has 0 rings (SSSR count). The molecule has 126 valence electrons. The molecule has 1 atom stereocenters. The van der Waals surface area contributed by atoms with E-state index in [0.717, 1.165) is 0 Å². The molecule has 1 amide bonds. The molecule has 0 aromatic carbocycles. The number of hydrogen-bond donors (Lipinski definition) is 3. The van der Waals surface area contributed by atoms with Crippen LogP contribution >= 0.6 is 0 Å². The minimum Gasteiger partial charge on any atom is -0.444 e. The molecular weight excluding hydrogens is 268 g/mol.